The van der Waals surface area contributed by atoms with Crippen LogP contribution in [0.2, 0.25) is 10.0 Å². The molecule has 0 saturated heterocycles. The number of benzene rings is 2. The van der Waals surface area contributed by atoms with Gasteiger partial charge < -0.3 is 19.9 Å². The quantitative estimate of drug-likeness (QED) is 0.425. The Kier molecular flexibility index (Phi) is 8.38. The monoisotopic (exact) mass is 493 g/mol. The summed E-state index contributed by atoms with van der Waals surface area (Å²) in [7, 11) is 1.57. The molecule has 3 aromatic rings. The fourth-order valence-electron chi connectivity index (χ4n) is 2.84. The summed E-state index contributed by atoms with van der Waals surface area (Å²) in [5.41, 5.74) is 1.07. The molecule has 2 aromatic carbocycles. The van der Waals surface area contributed by atoms with Crippen molar-refractivity contribution in [3.63, 3.8) is 0 Å². The van der Waals surface area contributed by atoms with Crippen LogP contribution in [0.4, 0.5) is 11.4 Å². The number of aromatic nitrogens is 3. The van der Waals surface area contributed by atoms with Gasteiger partial charge in [0, 0.05) is 18.3 Å². The highest BCUT2D eigenvalue weighted by molar-refractivity contribution is 7.99. The molecule has 3 rings (SSSR count). The third-order valence-corrected chi connectivity index (χ3v) is 6.13. The third-order valence-electron chi connectivity index (χ3n) is 4.34. The number of anilines is 2. The minimum atomic E-state index is -0.302. The number of halogens is 2. The van der Waals surface area contributed by atoms with Crippen LogP contribution in [0.15, 0.2) is 47.6 Å². The van der Waals surface area contributed by atoms with Crippen molar-refractivity contribution in [2.24, 2.45) is 0 Å². The maximum Gasteiger partial charge on any atom is 0.234 e. The van der Waals surface area contributed by atoms with Gasteiger partial charge in [0.1, 0.15) is 11.6 Å². The highest BCUT2D eigenvalue weighted by atomic mass is 35.5. The molecular weight excluding hydrogens is 473 g/mol. The number of ether oxygens (including phenoxy) is 1. The number of methoxy groups -OCH3 is 1. The smallest absolute Gasteiger partial charge is 0.234 e. The first-order valence-electron chi connectivity index (χ1n) is 9.64. The van der Waals surface area contributed by atoms with Gasteiger partial charge in [-0.25, -0.2) is 0 Å². The van der Waals surface area contributed by atoms with Crippen molar-refractivity contribution in [3.05, 3.63) is 58.3 Å². The van der Waals surface area contributed by atoms with Gasteiger partial charge in [-0.15, -0.1) is 10.2 Å². The minimum absolute atomic E-state index is 0.000247. The average Bonchev–Trinajstić information content (AvgIpc) is 3.16. The van der Waals surface area contributed by atoms with Crippen LogP contribution in [-0.2, 0) is 22.6 Å². The number of hydrogen-bond acceptors (Lipinski definition) is 6. The van der Waals surface area contributed by atoms with Gasteiger partial charge in [-0.1, -0.05) is 47.1 Å². The Morgan fingerprint density at radius 1 is 1.09 bits per heavy atom. The molecular formula is C21H21Cl2N5O3S. The molecule has 0 aliphatic carbocycles. The van der Waals surface area contributed by atoms with E-state index in [9.17, 15) is 9.59 Å². The van der Waals surface area contributed by atoms with Gasteiger partial charge in [0.25, 0.3) is 0 Å². The van der Waals surface area contributed by atoms with Crippen LogP contribution in [0.25, 0.3) is 0 Å². The molecule has 0 aliphatic heterocycles. The van der Waals surface area contributed by atoms with E-state index in [1.807, 2.05) is 6.92 Å². The van der Waals surface area contributed by atoms with Crippen molar-refractivity contribution in [2.75, 3.05) is 23.5 Å². The normalized spacial score (nSPS) is 10.6. The summed E-state index contributed by atoms with van der Waals surface area (Å²) in [4.78, 5) is 24.8. The van der Waals surface area contributed by atoms with E-state index >= 15 is 0 Å². The lowest BCUT2D eigenvalue weighted by Gasteiger charge is -2.10. The largest absolute Gasteiger partial charge is 0.497 e. The Bertz CT molecular complexity index is 1120. The molecule has 0 radical (unpaired) electrons. The summed E-state index contributed by atoms with van der Waals surface area (Å²) in [5.74, 6) is 0.786. The maximum absolute atomic E-state index is 12.5. The molecule has 8 nitrogen and oxygen atoms in total. The van der Waals surface area contributed by atoms with E-state index in [-0.39, 0.29) is 29.0 Å². The van der Waals surface area contributed by atoms with E-state index in [2.05, 4.69) is 20.8 Å². The number of amides is 2. The van der Waals surface area contributed by atoms with Crippen molar-refractivity contribution in [2.45, 2.75) is 25.0 Å². The highest BCUT2D eigenvalue weighted by Crippen LogP contribution is 2.29. The number of rotatable bonds is 9. The van der Waals surface area contributed by atoms with Crippen molar-refractivity contribution in [1.29, 1.82) is 0 Å². The fraction of sp³-hybridized carbons (Fsp3) is 0.238. The van der Waals surface area contributed by atoms with Gasteiger partial charge in [-0.2, -0.15) is 0 Å². The number of thioether (sulfide) groups is 1. The lowest BCUT2D eigenvalue weighted by Crippen LogP contribution is -2.18. The maximum atomic E-state index is 12.5. The van der Waals surface area contributed by atoms with E-state index < -0.39 is 0 Å². The van der Waals surface area contributed by atoms with Gasteiger partial charge in [0.2, 0.25) is 11.8 Å². The third kappa shape index (κ3) is 6.15. The second-order valence-corrected chi connectivity index (χ2v) is 8.27. The number of carbonyl (C=O) groups excluding carboxylic acids is 2. The minimum Gasteiger partial charge on any atom is -0.497 e. The summed E-state index contributed by atoms with van der Waals surface area (Å²) >= 11 is 13.3. The molecule has 2 amide bonds. The number of carbonyl (C=O) groups is 2. The molecule has 0 spiro atoms. The summed E-state index contributed by atoms with van der Waals surface area (Å²) in [6.07, 6.45) is 0.000247. The first-order valence-corrected chi connectivity index (χ1v) is 11.4. The molecule has 0 saturated carbocycles. The van der Waals surface area contributed by atoms with Crippen LogP contribution in [0, 0.1) is 0 Å². The Morgan fingerprint density at radius 3 is 2.62 bits per heavy atom. The molecule has 0 fully saturated rings. The lowest BCUT2D eigenvalue weighted by molar-refractivity contribution is -0.116. The number of nitrogens with one attached hydrogen (secondary N) is 2. The van der Waals surface area contributed by atoms with Crippen LogP contribution in [-0.4, -0.2) is 39.4 Å². The molecule has 0 atom stereocenters. The number of nitrogens with zero attached hydrogens (tertiary/aromatic N) is 3. The molecule has 0 bridgehead atoms. The van der Waals surface area contributed by atoms with E-state index in [0.29, 0.717) is 39.7 Å². The summed E-state index contributed by atoms with van der Waals surface area (Å²) < 4.78 is 6.95. The first-order chi connectivity index (χ1) is 15.4. The van der Waals surface area contributed by atoms with Crippen molar-refractivity contribution in [3.8, 4) is 5.75 Å². The van der Waals surface area contributed by atoms with Crippen molar-refractivity contribution < 1.29 is 14.3 Å². The number of hydrogen-bond donors (Lipinski definition) is 2. The molecule has 0 aliphatic rings. The molecule has 1 heterocycles. The van der Waals surface area contributed by atoms with E-state index in [1.165, 1.54) is 11.8 Å². The van der Waals surface area contributed by atoms with Crippen LogP contribution < -0.4 is 15.4 Å². The predicted octanol–water partition coefficient (Wildman–Crippen LogP) is 4.53. The SMILES string of the molecule is CCn1c(CC(=O)Nc2cccc(Cl)c2Cl)nnc1SCC(=O)Nc1cccc(OC)c1. The summed E-state index contributed by atoms with van der Waals surface area (Å²) in [5, 5.41) is 15.0. The second-order valence-electron chi connectivity index (χ2n) is 6.54. The first kappa shape index (κ1) is 23.9. The van der Waals surface area contributed by atoms with Crippen LogP contribution >= 0.6 is 35.0 Å². The summed E-state index contributed by atoms with van der Waals surface area (Å²) in [6, 6.07) is 12.1. The Labute approximate surface area is 199 Å². The Hall–Kier alpha value is -2.75. The molecule has 1 aromatic heterocycles. The Balaban J connectivity index is 1.59. The molecule has 2 N–H and O–H groups in total. The van der Waals surface area contributed by atoms with Crippen LogP contribution in [0.1, 0.15) is 12.7 Å². The van der Waals surface area contributed by atoms with Gasteiger partial charge in [0.15, 0.2) is 5.16 Å². The highest BCUT2D eigenvalue weighted by Gasteiger charge is 2.17. The van der Waals surface area contributed by atoms with Crippen LogP contribution in [0.5, 0.6) is 5.75 Å². The zero-order chi connectivity index (χ0) is 23.1. The lowest BCUT2D eigenvalue weighted by atomic mass is 10.3. The van der Waals surface area contributed by atoms with Gasteiger partial charge in [0.05, 0.1) is 35.0 Å². The standard InChI is InChI=1S/C21H21Cl2N5O3S/c1-3-28-17(11-18(29)25-16-9-5-8-15(22)20(16)23)26-27-21(28)32-12-19(30)24-13-6-4-7-14(10-13)31-2/h4-10H,3,11-12H2,1-2H3,(H,24,30)(H,25,29). The predicted molar refractivity (Wildman–Crippen MR) is 127 cm³/mol. The zero-order valence-electron chi connectivity index (χ0n) is 17.4. The summed E-state index contributed by atoms with van der Waals surface area (Å²) in [6.45, 7) is 2.46. The van der Waals surface area contributed by atoms with Gasteiger partial charge in [-0.3, -0.25) is 9.59 Å². The topological polar surface area (TPSA) is 98.1 Å². The molecule has 11 heteroatoms. The molecule has 0 unspecified atom stereocenters. The second kappa shape index (κ2) is 11.2. The van der Waals surface area contributed by atoms with Crippen molar-refractivity contribution in [1.82, 2.24) is 14.8 Å². The zero-order valence-corrected chi connectivity index (χ0v) is 19.7. The van der Waals surface area contributed by atoms with Crippen molar-refractivity contribution >= 4 is 58.2 Å². The van der Waals surface area contributed by atoms with Crippen LogP contribution in [0.3, 0.4) is 0 Å². The van der Waals surface area contributed by atoms with E-state index in [0.717, 1.165) is 0 Å². The van der Waals surface area contributed by atoms with Gasteiger partial charge >= 0.3 is 0 Å². The Morgan fingerprint density at radius 2 is 1.88 bits per heavy atom. The van der Waals surface area contributed by atoms with Gasteiger partial charge in [-0.05, 0) is 31.2 Å². The molecule has 168 valence electrons. The fourth-order valence-corrected chi connectivity index (χ4v) is 4.01. The van der Waals surface area contributed by atoms with E-state index in [4.69, 9.17) is 27.9 Å². The average molecular weight is 494 g/mol. The molecule has 32 heavy (non-hydrogen) atoms. The van der Waals surface area contributed by atoms with E-state index in [1.54, 1.807) is 54.1 Å².